The van der Waals surface area contributed by atoms with Gasteiger partial charge in [0.15, 0.2) is 0 Å². The molecule has 0 aliphatic carbocycles. The van der Waals surface area contributed by atoms with Crippen LogP contribution in [0.2, 0.25) is 5.02 Å². The van der Waals surface area contributed by atoms with Crippen molar-refractivity contribution in [2.75, 3.05) is 5.73 Å². The summed E-state index contributed by atoms with van der Waals surface area (Å²) in [6, 6.07) is 11.3. The molecule has 8 heteroatoms. The van der Waals surface area contributed by atoms with Gasteiger partial charge in [-0.3, -0.25) is 9.36 Å². The predicted molar refractivity (Wildman–Crippen MR) is 115 cm³/mol. The minimum atomic E-state index is -0.651. The van der Waals surface area contributed by atoms with E-state index in [0.29, 0.717) is 33.1 Å². The van der Waals surface area contributed by atoms with Gasteiger partial charge in [0, 0.05) is 5.69 Å². The molecule has 0 spiro atoms. The number of carbonyl (C=O) groups excluding carboxylic acids is 1. The lowest BCUT2D eigenvalue weighted by Crippen LogP contribution is -2.37. The summed E-state index contributed by atoms with van der Waals surface area (Å²) in [5, 5.41) is 3.34. The Hall–Kier alpha value is -3.06. The van der Waals surface area contributed by atoms with Gasteiger partial charge < -0.3 is 15.8 Å². The molecule has 0 saturated carbocycles. The average Bonchev–Trinajstić information content (AvgIpc) is 2.59. The van der Waals surface area contributed by atoms with Gasteiger partial charge in [-0.2, -0.15) is 0 Å². The second-order valence-corrected chi connectivity index (χ2v) is 8.11. The second-order valence-electron chi connectivity index (χ2n) is 7.71. The summed E-state index contributed by atoms with van der Waals surface area (Å²) in [4.78, 5) is 30.2. The zero-order chi connectivity index (χ0) is 21.3. The van der Waals surface area contributed by atoms with Crippen LogP contribution in [0.3, 0.4) is 0 Å². The molecule has 3 N–H and O–H groups in total. The van der Waals surface area contributed by atoms with Crippen molar-refractivity contribution in [1.82, 2.24) is 14.9 Å². The molecule has 0 aliphatic rings. The van der Waals surface area contributed by atoms with E-state index in [1.807, 2.05) is 0 Å². The lowest BCUT2D eigenvalue weighted by Gasteiger charge is -2.23. The third-order valence-corrected chi connectivity index (χ3v) is 4.44. The highest BCUT2D eigenvalue weighted by Gasteiger charge is 2.23. The minimum absolute atomic E-state index is 0.296. The van der Waals surface area contributed by atoms with Crippen molar-refractivity contribution < 1.29 is 9.53 Å². The van der Waals surface area contributed by atoms with E-state index in [-0.39, 0.29) is 5.56 Å². The van der Waals surface area contributed by atoms with E-state index in [2.05, 4.69) is 10.3 Å². The smallest absolute Gasteiger partial charge is 0.408 e. The maximum Gasteiger partial charge on any atom is 0.408 e. The van der Waals surface area contributed by atoms with Crippen molar-refractivity contribution in [3.05, 3.63) is 63.7 Å². The third-order valence-electron chi connectivity index (χ3n) is 4.12. The Bertz CT molecular complexity index is 1130. The molecule has 0 fully saturated rings. The molecular weight excluding hydrogens is 392 g/mol. The summed E-state index contributed by atoms with van der Waals surface area (Å²) in [5.74, 6) is 0.334. The average molecular weight is 415 g/mol. The van der Waals surface area contributed by atoms with Crippen molar-refractivity contribution in [2.24, 2.45) is 0 Å². The Balaban J connectivity index is 2.18. The number of rotatable bonds is 3. The fourth-order valence-corrected chi connectivity index (χ4v) is 3.21. The highest BCUT2D eigenvalue weighted by atomic mass is 35.5. The van der Waals surface area contributed by atoms with E-state index >= 15 is 0 Å². The number of carbonyl (C=O) groups is 1. The summed E-state index contributed by atoms with van der Waals surface area (Å²) < 4.78 is 6.73. The highest BCUT2D eigenvalue weighted by Crippen LogP contribution is 2.23. The highest BCUT2D eigenvalue weighted by molar-refractivity contribution is 6.35. The molecule has 0 radical (unpaired) electrons. The van der Waals surface area contributed by atoms with Crippen molar-refractivity contribution in [2.45, 2.75) is 39.3 Å². The van der Waals surface area contributed by atoms with Gasteiger partial charge in [0.25, 0.3) is 5.56 Å². The van der Waals surface area contributed by atoms with E-state index in [4.69, 9.17) is 22.1 Å². The Morgan fingerprint density at radius 2 is 1.93 bits per heavy atom. The molecule has 1 heterocycles. The first-order valence-electron chi connectivity index (χ1n) is 9.13. The molecule has 0 unspecified atom stereocenters. The number of aromatic nitrogens is 2. The monoisotopic (exact) mass is 414 g/mol. The van der Waals surface area contributed by atoms with Crippen LogP contribution in [0.5, 0.6) is 0 Å². The van der Waals surface area contributed by atoms with E-state index in [9.17, 15) is 9.59 Å². The molecular formula is C21H23ClN4O3. The van der Waals surface area contributed by atoms with Crippen LogP contribution >= 0.6 is 11.6 Å². The number of hydrogen-bond donors (Lipinski definition) is 2. The van der Waals surface area contributed by atoms with Crippen molar-refractivity contribution in [3.8, 4) is 5.69 Å². The molecule has 1 amide bonds. The number of hydrogen-bond acceptors (Lipinski definition) is 5. The fraction of sp³-hybridized carbons (Fsp3) is 0.286. The van der Waals surface area contributed by atoms with Crippen LogP contribution < -0.4 is 16.6 Å². The van der Waals surface area contributed by atoms with Crippen molar-refractivity contribution in [3.63, 3.8) is 0 Å². The normalized spacial score (nSPS) is 12.6. The zero-order valence-electron chi connectivity index (χ0n) is 16.7. The van der Waals surface area contributed by atoms with Gasteiger partial charge in [-0.15, -0.1) is 0 Å². The van der Waals surface area contributed by atoms with E-state index in [1.165, 1.54) is 4.57 Å². The molecule has 0 saturated heterocycles. The largest absolute Gasteiger partial charge is 0.444 e. The Morgan fingerprint density at radius 3 is 2.59 bits per heavy atom. The number of benzene rings is 2. The van der Waals surface area contributed by atoms with Crippen LogP contribution in [0.15, 0.2) is 47.3 Å². The first-order chi connectivity index (χ1) is 13.6. The maximum atomic E-state index is 13.4. The number of halogens is 1. The molecule has 3 rings (SSSR count). The van der Waals surface area contributed by atoms with Crippen molar-refractivity contribution in [1.29, 1.82) is 0 Å². The lowest BCUT2D eigenvalue weighted by atomic mass is 10.2. The van der Waals surface area contributed by atoms with Gasteiger partial charge in [0.2, 0.25) is 0 Å². The number of amides is 1. The minimum Gasteiger partial charge on any atom is -0.444 e. The zero-order valence-corrected chi connectivity index (χ0v) is 17.4. The molecule has 0 aliphatic heterocycles. The molecule has 7 nitrogen and oxygen atoms in total. The lowest BCUT2D eigenvalue weighted by molar-refractivity contribution is 0.0505. The maximum absolute atomic E-state index is 13.4. The fourth-order valence-electron chi connectivity index (χ4n) is 2.96. The second kappa shape index (κ2) is 7.75. The van der Waals surface area contributed by atoms with Gasteiger partial charge in [0.1, 0.15) is 11.4 Å². The quantitative estimate of drug-likeness (QED) is 0.625. The van der Waals surface area contributed by atoms with Crippen LogP contribution in [0.1, 0.15) is 39.6 Å². The number of nitrogens with one attached hydrogen (secondary N) is 1. The number of ether oxygens (including phenoxy) is 1. The molecule has 3 aromatic rings. The van der Waals surface area contributed by atoms with E-state index in [1.54, 1.807) is 70.2 Å². The van der Waals surface area contributed by atoms with Gasteiger partial charge in [-0.1, -0.05) is 23.7 Å². The first kappa shape index (κ1) is 20.7. The van der Waals surface area contributed by atoms with Crippen LogP contribution in [0.4, 0.5) is 10.5 Å². The Kier molecular flexibility index (Phi) is 5.53. The summed E-state index contributed by atoms with van der Waals surface area (Å²) in [6.45, 7) is 7.05. The Morgan fingerprint density at radius 1 is 1.24 bits per heavy atom. The van der Waals surface area contributed by atoms with Gasteiger partial charge in [-0.25, -0.2) is 9.78 Å². The predicted octanol–water partition coefficient (Wildman–Crippen LogP) is 4.21. The molecule has 152 valence electrons. The number of alkyl carbamates (subject to hydrolysis) is 1. The SMILES string of the molecule is C[C@H](NC(=O)OC(C)(C)C)c1nc2cccc(Cl)c2c(=O)n1-c1cccc(N)c1. The topological polar surface area (TPSA) is 99.2 Å². The summed E-state index contributed by atoms with van der Waals surface area (Å²) in [6.07, 6.45) is -0.607. The van der Waals surface area contributed by atoms with Crippen LogP contribution in [-0.2, 0) is 4.74 Å². The van der Waals surface area contributed by atoms with Gasteiger partial charge >= 0.3 is 6.09 Å². The van der Waals surface area contributed by atoms with Crippen molar-refractivity contribution >= 4 is 34.3 Å². The van der Waals surface area contributed by atoms with Crippen LogP contribution in [0, 0.1) is 0 Å². The number of nitrogens with zero attached hydrogens (tertiary/aromatic N) is 2. The van der Waals surface area contributed by atoms with E-state index < -0.39 is 17.7 Å². The molecule has 0 bridgehead atoms. The summed E-state index contributed by atoms with van der Waals surface area (Å²) >= 11 is 6.27. The summed E-state index contributed by atoms with van der Waals surface area (Å²) in [7, 11) is 0. The number of fused-ring (bicyclic) bond motifs is 1. The molecule has 1 aromatic heterocycles. The van der Waals surface area contributed by atoms with Crippen LogP contribution in [0.25, 0.3) is 16.6 Å². The van der Waals surface area contributed by atoms with Gasteiger partial charge in [0.05, 0.1) is 27.7 Å². The van der Waals surface area contributed by atoms with E-state index in [0.717, 1.165) is 0 Å². The molecule has 1 atom stereocenters. The number of nitrogens with two attached hydrogens (primary N) is 1. The van der Waals surface area contributed by atoms with Crippen LogP contribution in [-0.4, -0.2) is 21.2 Å². The standard InChI is InChI=1S/C21H23ClN4O3/c1-12(24-20(28)29-21(2,3)4)18-25-16-10-6-9-15(22)17(16)19(27)26(18)14-8-5-7-13(23)11-14/h5-12H,23H2,1-4H3,(H,24,28)/t12-/m0/s1. The molecule has 29 heavy (non-hydrogen) atoms. The Labute approximate surface area is 173 Å². The summed E-state index contributed by atoms with van der Waals surface area (Å²) in [5.41, 5.74) is 6.37. The third kappa shape index (κ3) is 4.51. The number of anilines is 1. The number of nitrogen functional groups attached to an aromatic ring is 1. The molecule has 2 aromatic carbocycles. The first-order valence-corrected chi connectivity index (χ1v) is 9.51. The van der Waals surface area contributed by atoms with Gasteiger partial charge in [-0.05, 0) is 58.0 Å².